The smallest absolute Gasteiger partial charge is 0.266 e. The van der Waals surface area contributed by atoms with E-state index in [4.69, 9.17) is 28.0 Å². The van der Waals surface area contributed by atoms with Gasteiger partial charge in [0, 0.05) is 5.56 Å². The summed E-state index contributed by atoms with van der Waals surface area (Å²) in [6.45, 7) is 2.48. The first-order valence-electron chi connectivity index (χ1n) is 7.11. The van der Waals surface area contributed by atoms with Crippen molar-refractivity contribution in [1.29, 1.82) is 0 Å². The van der Waals surface area contributed by atoms with Crippen molar-refractivity contribution in [3.63, 3.8) is 0 Å². The van der Waals surface area contributed by atoms with Crippen molar-refractivity contribution >= 4 is 34.8 Å². The second kappa shape index (κ2) is 8.18. The summed E-state index contributed by atoms with van der Waals surface area (Å²) in [5.74, 6) is -0.277. The number of benzene rings is 2. The van der Waals surface area contributed by atoms with Gasteiger partial charge in [0.25, 0.3) is 5.91 Å². The molecule has 0 aromatic heterocycles. The lowest BCUT2D eigenvalue weighted by Crippen LogP contribution is -2.31. The van der Waals surface area contributed by atoms with Crippen molar-refractivity contribution in [2.45, 2.75) is 19.8 Å². The summed E-state index contributed by atoms with van der Waals surface area (Å²) in [7, 11) is 0. The van der Waals surface area contributed by atoms with Crippen LogP contribution in [0.1, 0.15) is 30.1 Å². The first-order chi connectivity index (χ1) is 10.6. The van der Waals surface area contributed by atoms with E-state index in [0.717, 1.165) is 12.8 Å². The maximum absolute atomic E-state index is 12.7. The van der Waals surface area contributed by atoms with Crippen LogP contribution in [0.3, 0.4) is 0 Å². The lowest BCUT2D eigenvalue weighted by Gasteiger charge is -2.23. The van der Waals surface area contributed by atoms with Crippen molar-refractivity contribution in [2.24, 2.45) is 0 Å². The number of nitrogens with zero attached hydrogens (tertiary/aromatic N) is 1. The molecular weight excluding hydrogens is 321 g/mol. The third-order valence-corrected chi connectivity index (χ3v) is 3.88. The molecule has 22 heavy (non-hydrogen) atoms. The van der Waals surface area contributed by atoms with E-state index < -0.39 is 0 Å². The molecule has 2 aromatic carbocycles. The molecule has 0 spiro atoms. The Labute approximate surface area is 140 Å². The number of hydrogen-bond donors (Lipinski definition) is 0. The second-order valence-corrected chi connectivity index (χ2v) is 5.51. The van der Waals surface area contributed by atoms with Gasteiger partial charge in [-0.3, -0.25) is 9.63 Å². The molecule has 5 heteroatoms. The van der Waals surface area contributed by atoms with Gasteiger partial charge in [-0.15, -0.1) is 0 Å². The monoisotopic (exact) mass is 337 g/mol. The first-order valence-corrected chi connectivity index (χ1v) is 7.87. The highest BCUT2D eigenvalue weighted by molar-refractivity contribution is 6.44. The number of hydrogen-bond acceptors (Lipinski definition) is 2. The van der Waals surface area contributed by atoms with Gasteiger partial charge < -0.3 is 0 Å². The normalized spacial score (nSPS) is 10.5. The fourth-order valence-corrected chi connectivity index (χ4v) is 2.26. The molecule has 0 saturated carbocycles. The maximum Gasteiger partial charge on any atom is 0.282 e. The average Bonchev–Trinajstić information content (AvgIpc) is 2.55. The summed E-state index contributed by atoms with van der Waals surface area (Å²) in [4.78, 5) is 18.4. The minimum Gasteiger partial charge on any atom is -0.266 e. The molecule has 0 aliphatic heterocycles. The highest BCUT2D eigenvalue weighted by Gasteiger charge is 2.22. The molecule has 0 bridgehead atoms. The van der Waals surface area contributed by atoms with Gasteiger partial charge in [0.05, 0.1) is 22.3 Å². The Morgan fingerprint density at radius 2 is 1.82 bits per heavy atom. The summed E-state index contributed by atoms with van der Waals surface area (Å²) in [5.41, 5.74) is 0.967. The van der Waals surface area contributed by atoms with Crippen molar-refractivity contribution in [3.8, 4) is 0 Å². The predicted octanol–water partition coefficient (Wildman–Crippen LogP) is 5.37. The van der Waals surface area contributed by atoms with Crippen LogP contribution in [0.2, 0.25) is 10.0 Å². The van der Waals surface area contributed by atoms with Gasteiger partial charge in [-0.25, -0.2) is 0 Å². The Morgan fingerprint density at radius 3 is 2.50 bits per heavy atom. The minimum absolute atomic E-state index is 0.277. The number of carbonyl (C=O) groups excluding carboxylic acids is 1. The quantitative estimate of drug-likeness (QED) is 0.523. The molecule has 0 aliphatic rings. The predicted molar refractivity (Wildman–Crippen MR) is 90.6 cm³/mol. The van der Waals surface area contributed by atoms with E-state index in [0.29, 0.717) is 27.9 Å². The lowest BCUT2D eigenvalue weighted by atomic mass is 10.2. The molecule has 2 aromatic rings. The maximum atomic E-state index is 12.7. The van der Waals surface area contributed by atoms with Crippen LogP contribution in [0.4, 0.5) is 5.69 Å². The van der Waals surface area contributed by atoms with Crippen LogP contribution >= 0.6 is 23.2 Å². The minimum atomic E-state index is -0.277. The Balaban J connectivity index is 2.34. The fraction of sp³-hybridized carbons (Fsp3) is 0.235. The number of rotatable bonds is 6. The highest BCUT2D eigenvalue weighted by Crippen LogP contribution is 2.33. The molecule has 3 nitrogen and oxygen atoms in total. The van der Waals surface area contributed by atoms with E-state index in [1.54, 1.807) is 42.5 Å². The largest absolute Gasteiger partial charge is 0.282 e. The summed E-state index contributed by atoms with van der Waals surface area (Å²) < 4.78 is 0. The zero-order valence-electron chi connectivity index (χ0n) is 12.3. The zero-order valence-corrected chi connectivity index (χ0v) is 13.8. The average molecular weight is 338 g/mol. The molecule has 0 radical (unpaired) electrons. The van der Waals surface area contributed by atoms with Gasteiger partial charge in [0.15, 0.2) is 0 Å². The van der Waals surface area contributed by atoms with Crippen molar-refractivity contribution < 1.29 is 9.63 Å². The third kappa shape index (κ3) is 4.01. The van der Waals surface area contributed by atoms with Crippen molar-refractivity contribution in [1.82, 2.24) is 0 Å². The van der Waals surface area contributed by atoms with Gasteiger partial charge >= 0.3 is 0 Å². The molecule has 0 fully saturated rings. The van der Waals surface area contributed by atoms with Crippen molar-refractivity contribution in [3.05, 3.63) is 64.1 Å². The highest BCUT2D eigenvalue weighted by atomic mass is 35.5. The van der Waals surface area contributed by atoms with Crippen LogP contribution in [0, 0.1) is 0 Å². The molecule has 1 amide bonds. The van der Waals surface area contributed by atoms with Crippen LogP contribution in [0.25, 0.3) is 0 Å². The van der Waals surface area contributed by atoms with Crippen LogP contribution in [0.15, 0.2) is 48.5 Å². The Bertz CT molecular complexity index is 632. The molecule has 2 rings (SSSR count). The van der Waals surface area contributed by atoms with Crippen LogP contribution in [-0.2, 0) is 4.84 Å². The molecule has 0 aliphatic carbocycles. The number of carbonyl (C=O) groups is 1. The SMILES string of the molecule is CCCCON(C(=O)c1ccccc1)c1cccc(Cl)c1Cl. The number of hydroxylamine groups is 1. The lowest BCUT2D eigenvalue weighted by molar-refractivity contribution is 0.0640. The molecule has 116 valence electrons. The number of amides is 1. The number of anilines is 1. The number of halogens is 2. The van der Waals surface area contributed by atoms with Gasteiger partial charge in [-0.2, -0.15) is 5.06 Å². The van der Waals surface area contributed by atoms with Gasteiger partial charge in [-0.05, 0) is 30.7 Å². The van der Waals surface area contributed by atoms with Crippen LogP contribution in [0.5, 0.6) is 0 Å². The van der Waals surface area contributed by atoms with E-state index in [2.05, 4.69) is 6.92 Å². The van der Waals surface area contributed by atoms with Crippen molar-refractivity contribution in [2.75, 3.05) is 11.7 Å². The summed E-state index contributed by atoms with van der Waals surface area (Å²) in [5, 5.41) is 1.90. The van der Waals surface area contributed by atoms with Gasteiger partial charge in [0.2, 0.25) is 0 Å². The number of unbranched alkanes of at least 4 members (excludes halogenated alkanes) is 1. The second-order valence-electron chi connectivity index (χ2n) is 4.73. The van der Waals surface area contributed by atoms with E-state index in [1.165, 1.54) is 5.06 Å². The summed E-state index contributed by atoms with van der Waals surface area (Å²) in [6, 6.07) is 14.0. The van der Waals surface area contributed by atoms with E-state index >= 15 is 0 Å². The first kappa shape index (κ1) is 16.8. The van der Waals surface area contributed by atoms with Crippen LogP contribution in [-0.4, -0.2) is 12.5 Å². The van der Waals surface area contributed by atoms with Gasteiger partial charge in [0.1, 0.15) is 0 Å². The summed E-state index contributed by atoms with van der Waals surface area (Å²) >= 11 is 12.3. The molecule has 0 atom stereocenters. The topological polar surface area (TPSA) is 29.5 Å². The standard InChI is InChI=1S/C17H17Cl2NO2/c1-2-3-12-22-20(15-11-7-10-14(18)16(15)19)17(21)13-8-5-4-6-9-13/h4-11H,2-3,12H2,1H3. The fourth-order valence-electron chi connectivity index (χ4n) is 1.88. The molecular formula is C17H17Cl2NO2. The third-order valence-electron chi connectivity index (χ3n) is 3.07. The molecule has 0 saturated heterocycles. The zero-order chi connectivity index (χ0) is 15.9. The summed E-state index contributed by atoms with van der Waals surface area (Å²) in [6.07, 6.45) is 1.81. The Kier molecular flexibility index (Phi) is 6.25. The Morgan fingerprint density at radius 1 is 1.09 bits per heavy atom. The molecule has 0 N–H and O–H groups in total. The van der Waals surface area contributed by atoms with E-state index in [-0.39, 0.29) is 5.91 Å². The molecule has 0 unspecified atom stereocenters. The van der Waals surface area contributed by atoms with E-state index in [1.807, 2.05) is 6.07 Å². The van der Waals surface area contributed by atoms with Crippen LogP contribution < -0.4 is 5.06 Å². The van der Waals surface area contributed by atoms with E-state index in [9.17, 15) is 4.79 Å². The molecule has 0 heterocycles. The van der Waals surface area contributed by atoms with Gasteiger partial charge in [-0.1, -0.05) is 60.8 Å². The Hall–Kier alpha value is -1.55.